The molecule has 0 amide bonds. The van der Waals surface area contributed by atoms with Crippen LogP contribution >= 0.6 is 0 Å². The summed E-state index contributed by atoms with van der Waals surface area (Å²) in [5, 5.41) is 21.2. The minimum absolute atomic E-state index is 0. The van der Waals surface area contributed by atoms with Crippen LogP contribution in [0.2, 0.25) is 0 Å². The van der Waals surface area contributed by atoms with Gasteiger partial charge in [0.25, 0.3) is 10.1 Å². The maximum absolute atomic E-state index is 10.8. The van der Waals surface area contributed by atoms with E-state index in [2.05, 4.69) is 0 Å². The number of phenolic OH excluding ortho intramolecular Hbond substituents is 1. The topological polar surface area (TPSA) is 115 Å². The molecule has 0 aromatic heterocycles. The normalized spacial score (nSPS) is 9.77. The number of para-hydroxylation sites is 1. The third-order valence-corrected chi connectivity index (χ3v) is 4.04. The van der Waals surface area contributed by atoms with Gasteiger partial charge in [-0.05, 0) is 42.0 Å². The number of fused-ring (bicyclic) bond motifs is 1. The largest absolute Gasteiger partial charge is 1.00 e. The second-order valence-corrected chi connectivity index (χ2v) is 6.36. The predicted molar refractivity (Wildman–Crippen MR) is 93.2 cm³/mol. The monoisotopic (exact) mass is 384 g/mol. The molecule has 2 N–H and O–H groups in total. The first-order valence-electron chi connectivity index (χ1n) is 6.99. The van der Waals surface area contributed by atoms with Crippen LogP contribution in [0.5, 0.6) is 11.5 Å². The molecule has 3 aromatic rings. The Kier molecular flexibility index (Phi) is 10.1. The number of hydrogen-bond acceptors (Lipinski definition) is 5. The fourth-order valence-corrected chi connectivity index (χ4v) is 2.44. The summed E-state index contributed by atoms with van der Waals surface area (Å²) < 4.78 is 30.5. The van der Waals surface area contributed by atoms with E-state index in [9.17, 15) is 18.6 Å². The number of aromatic hydroxyl groups is 1. The molecule has 0 unspecified atom stereocenters. The fraction of sp³-hybridized carbons (Fsp3) is 0.0556. The second-order valence-electron chi connectivity index (χ2n) is 4.93. The van der Waals surface area contributed by atoms with Crippen molar-refractivity contribution in [2.45, 2.75) is 11.8 Å². The maximum atomic E-state index is 10.8. The van der Waals surface area contributed by atoms with Crippen molar-refractivity contribution in [3.8, 4) is 11.5 Å². The molecule has 0 aliphatic heterocycles. The van der Waals surface area contributed by atoms with E-state index in [1.807, 2.05) is 25.8 Å². The minimum atomic E-state index is -4.17. The van der Waals surface area contributed by atoms with Crippen molar-refractivity contribution in [3.63, 3.8) is 0 Å². The summed E-state index contributed by atoms with van der Waals surface area (Å²) in [5.74, 6) is 0.231. The first kappa shape index (κ1) is 24.1. The molecule has 0 heterocycles. The summed E-state index contributed by atoms with van der Waals surface area (Å²) in [4.78, 5) is 7.85. The van der Waals surface area contributed by atoms with Crippen molar-refractivity contribution in [1.82, 2.24) is 0 Å². The zero-order valence-electron chi connectivity index (χ0n) is 14.4. The molecule has 8 heteroatoms. The third-order valence-electron chi connectivity index (χ3n) is 3.19. The molecule has 0 fully saturated rings. The number of aryl methyl sites for hydroxylation is 1. The number of hydrogen-bond donors (Lipinski definition) is 2. The van der Waals surface area contributed by atoms with Crippen molar-refractivity contribution in [2.75, 3.05) is 0 Å². The number of benzene rings is 3. The second kappa shape index (κ2) is 10.9. The molecule has 0 saturated heterocycles. The maximum Gasteiger partial charge on any atom is 1.00 e. The number of carbonyl (C=O) groups is 1. The molecule has 0 atom stereocenters. The quantitative estimate of drug-likeness (QED) is 0.439. The molecule has 0 spiro atoms. The van der Waals surface area contributed by atoms with Crippen LogP contribution in [-0.4, -0.2) is 24.9 Å². The van der Waals surface area contributed by atoms with E-state index in [0.29, 0.717) is 10.8 Å². The Labute approximate surface area is 174 Å². The standard InChI is InChI=1S/C10H8O4S.C7H8O.CH2O.Na/c11-9-3-1-8-6-10(15(12,13)14)4-2-7(8)5-9;1-6-4-2-3-5-7(6)8;1-2;/h1-6,11H,(H,12,13,14);2-5,8H,1H3;1H2;/q;;;+1/p-1. The van der Waals surface area contributed by atoms with Crippen LogP contribution in [-0.2, 0) is 14.9 Å². The molecule has 0 aliphatic carbocycles. The van der Waals surface area contributed by atoms with Gasteiger partial charge in [-0.25, -0.2) is 0 Å². The van der Waals surface area contributed by atoms with Gasteiger partial charge in [0.1, 0.15) is 12.5 Å². The van der Waals surface area contributed by atoms with Crippen molar-refractivity contribution >= 4 is 27.7 Å². The zero-order valence-corrected chi connectivity index (χ0v) is 17.2. The van der Waals surface area contributed by atoms with Gasteiger partial charge in [0.15, 0.2) is 0 Å². The van der Waals surface area contributed by atoms with Gasteiger partial charge >= 0.3 is 29.6 Å². The minimum Gasteiger partial charge on any atom is -0.872 e. The molecule has 3 rings (SSSR count). The fourth-order valence-electron chi connectivity index (χ4n) is 1.93. The first-order valence-corrected chi connectivity index (χ1v) is 8.43. The van der Waals surface area contributed by atoms with Crippen LogP contribution in [0.4, 0.5) is 0 Å². The molecule has 0 aliphatic rings. The van der Waals surface area contributed by atoms with E-state index in [-0.39, 0.29) is 46.0 Å². The van der Waals surface area contributed by atoms with E-state index in [0.717, 1.165) is 5.56 Å². The summed E-state index contributed by atoms with van der Waals surface area (Å²) >= 11 is 0. The van der Waals surface area contributed by atoms with Gasteiger partial charge in [-0.3, -0.25) is 4.55 Å². The molecule has 0 radical (unpaired) electrons. The van der Waals surface area contributed by atoms with Crippen LogP contribution in [0.25, 0.3) is 10.8 Å². The van der Waals surface area contributed by atoms with Gasteiger partial charge in [0, 0.05) is 0 Å². The Morgan fingerprint density at radius 1 is 0.923 bits per heavy atom. The summed E-state index contributed by atoms with van der Waals surface area (Å²) in [5.41, 5.74) is 0.813. The van der Waals surface area contributed by atoms with Gasteiger partial charge in [0.05, 0.1) is 4.90 Å². The smallest absolute Gasteiger partial charge is 0.872 e. The van der Waals surface area contributed by atoms with Crippen LogP contribution < -0.4 is 34.7 Å². The van der Waals surface area contributed by atoms with E-state index in [4.69, 9.17) is 9.35 Å². The molecule has 0 saturated carbocycles. The van der Waals surface area contributed by atoms with Crippen molar-refractivity contribution in [1.29, 1.82) is 0 Å². The summed E-state index contributed by atoms with van der Waals surface area (Å²) in [6.45, 7) is 3.81. The molecule has 26 heavy (non-hydrogen) atoms. The molecular formula is C18H17NaO6S. The SMILES string of the molecule is C=O.Cc1ccccc1[O-].O=S(=O)(O)c1ccc2cc(O)ccc2c1.[Na+]. The van der Waals surface area contributed by atoms with Crippen molar-refractivity contribution < 1.29 is 57.5 Å². The molecular weight excluding hydrogens is 367 g/mol. The van der Waals surface area contributed by atoms with Crippen LogP contribution in [0.15, 0.2) is 65.6 Å². The van der Waals surface area contributed by atoms with Crippen LogP contribution in [0, 0.1) is 6.92 Å². The van der Waals surface area contributed by atoms with Gasteiger partial charge in [-0.15, -0.1) is 5.75 Å². The van der Waals surface area contributed by atoms with Crippen molar-refractivity contribution in [2.24, 2.45) is 0 Å². The zero-order chi connectivity index (χ0) is 19.0. The Hall–Kier alpha value is -1.90. The van der Waals surface area contributed by atoms with Crippen molar-refractivity contribution in [3.05, 3.63) is 66.2 Å². The van der Waals surface area contributed by atoms with Gasteiger partial charge in [0.2, 0.25) is 0 Å². The van der Waals surface area contributed by atoms with Gasteiger partial charge in [-0.2, -0.15) is 8.42 Å². The average molecular weight is 384 g/mol. The molecule has 6 nitrogen and oxygen atoms in total. The Morgan fingerprint density at radius 3 is 1.96 bits per heavy atom. The molecule has 0 bridgehead atoms. The Balaban J connectivity index is 0.000000485. The van der Waals surface area contributed by atoms with E-state index in [1.54, 1.807) is 18.2 Å². The summed E-state index contributed by atoms with van der Waals surface area (Å²) in [7, 11) is -4.17. The Morgan fingerprint density at radius 2 is 1.46 bits per heavy atom. The average Bonchev–Trinajstić information content (AvgIpc) is 2.58. The van der Waals surface area contributed by atoms with Crippen LogP contribution in [0.3, 0.4) is 0 Å². The third kappa shape index (κ3) is 7.15. The summed E-state index contributed by atoms with van der Waals surface area (Å²) in [6.07, 6.45) is 0. The van der Waals surface area contributed by atoms with Gasteiger partial charge < -0.3 is 15.0 Å². The number of phenols is 1. The van der Waals surface area contributed by atoms with E-state index < -0.39 is 10.1 Å². The van der Waals surface area contributed by atoms with E-state index in [1.165, 1.54) is 30.3 Å². The van der Waals surface area contributed by atoms with Gasteiger partial charge in [-0.1, -0.05) is 42.0 Å². The summed E-state index contributed by atoms with van der Waals surface area (Å²) in [6, 6.07) is 15.7. The number of rotatable bonds is 1. The molecule has 132 valence electrons. The molecule has 3 aromatic carbocycles. The first-order chi connectivity index (χ1) is 11.8. The number of carbonyl (C=O) groups excluding carboxylic acids is 1. The predicted octanol–water partition coefficient (Wildman–Crippen LogP) is -0.320. The Bertz CT molecular complexity index is 936. The van der Waals surface area contributed by atoms with Crippen LogP contribution in [0.1, 0.15) is 5.56 Å². The van der Waals surface area contributed by atoms with E-state index >= 15 is 0 Å².